The predicted molar refractivity (Wildman–Crippen MR) is 123 cm³/mol. The summed E-state index contributed by atoms with van der Waals surface area (Å²) < 4.78 is 86.9. The van der Waals surface area contributed by atoms with E-state index in [9.17, 15) is 31.4 Å². The second-order valence-corrected chi connectivity index (χ2v) is 9.24. The topological polar surface area (TPSA) is 88.3 Å². The quantitative estimate of drug-likeness (QED) is 0.437. The van der Waals surface area contributed by atoms with Gasteiger partial charge in [0.2, 0.25) is 0 Å². The Labute approximate surface area is 213 Å². The molecule has 0 radical (unpaired) electrons. The molecule has 14 heteroatoms. The lowest BCUT2D eigenvalue weighted by Crippen LogP contribution is -2.30. The van der Waals surface area contributed by atoms with Gasteiger partial charge in [-0.25, -0.2) is 0 Å². The van der Waals surface area contributed by atoms with E-state index >= 15 is 0 Å². The summed E-state index contributed by atoms with van der Waals surface area (Å²) in [7, 11) is 0. The molecular weight excluding hydrogens is 518 g/mol. The smallest absolute Gasteiger partial charge is 0.394 e. The minimum absolute atomic E-state index is 0.0241. The number of anilines is 2. The van der Waals surface area contributed by atoms with Gasteiger partial charge in [0.05, 0.1) is 43.5 Å². The van der Waals surface area contributed by atoms with Crippen LogP contribution in [-0.2, 0) is 43.4 Å². The molecule has 0 saturated carbocycles. The molecule has 1 atom stereocenters. The first-order valence-corrected chi connectivity index (χ1v) is 11.9. The van der Waals surface area contributed by atoms with Crippen molar-refractivity contribution in [3.8, 4) is 0 Å². The average Bonchev–Trinajstić information content (AvgIpc) is 3.46. The van der Waals surface area contributed by atoms with Crippen LogP contribution in [0.1, 0.15) is 52.3 Å². The lowest BCUT2D eigenvalue weighted by molar-refractivity contribution is -0.143. The van der Waals surface area contributed by atoms with Crippen LogP contribution in [0, 0.1) is 0 Å². The summed E-state index contributed by atoms with van der Waals surface area (Å²) in [5.41, 5.74) is 0.622. The number of aromatic nitrogens is 4. The largest absolute Gasteiger partial charge is 0.416 e. The number of hydrogen-bond acceptors (Lipinski definition) is 7. The number of tetrazole rings is 1. The molecule has 0 spiro atoms. The maximum atomic E-state index is 13.6. The highest BCUT2D eigenvalue weighted by Crippen LogP contribution is 2.41. The Morgan fingerprint density at radius 3 is 2.34 bits per heavy atom. The van der Waals surface area contributed by atoms with Crippen molar-refractivity contribution in [3.63, 3.8) is 0 Å². The van der Waals surface area contributed by atoms with Gasteiger partial charge in [0.1, 0.15) is 0 Å². The van der Waals surface area contributed by atoms with Gasteiger partial charge in [-0.2, -0.15) is 31.1 Å². The van der Waals surface area contributed by atoms with Gasteiger partial charge in [0.25, 0.3) is 5.95 Å². The third kappa shape index (κ3) is 5.41. The molecule has 2 N–H and O–H groups in total. The van der Waals surface area contributed by atoms with E-state index in [1.54, 1.807) is 4.90 Å². The van der Waals surface area contributed by atoms with Crippen LogP contribution in [0.15, 0.2) is 30.3 Å². The zero-order valence-electron chi connectivity index (χ0n) is 20.0. The minimum Gasteiger partial charge on any atom is -0.394 e. The average molecular weight is 542 g/mol. The van der Waals surface area contributed by atoms with E-state index in [2.05, 4.69) is 20.7 Å². The number of aliphatic hydroxyl groups is 1. The molecule has 2 aliphatic heterocycles. The number of alkyl halides is 6. The molecule has 2 aromatic carbocycles. The van der Waals surface area contributed by atoms with E-state index < -0.39 is 29.5 Å². The summed E-state index contributed by atoms with van der Waals surface area (Å²) in [6.45, 7) is 0.902. The Kier molecular flexibility index (Phi) is 6.94. The Balaban J connectivity index is 1.61. The molecule has 3 aromatic rings. The van der Waals surface area contributed by atoms with Crippen LogP contribution >= 0.6 is 0 Å². The predicted octanol–water partition coefficient (Wildman–Crippen LogP) is 4.69. The fourth-order valence-corrected chi connectivity index (χ4v) is 4.84. The number of hydrogen-bond donors (Lipinski definition) is 2. The van der Waals surface area contributed by atoms with Crippen molar-refractivity contribution in [3.05, 3.63) is 63.7 Å². The summed E-state index contributed by atoms with van der Waals surface area (Å²) in [4.78, 5) is 2.70. The maximum absolute atomic E-state index is 13.6. The van der Waals surface area contributed by atoms with E-state index in [4.69, 9.17) is 4.74 Å². The van der Waals surface area contributed by atoms with E-state index in [1.807, 2.05) is 12.1 Å². The number of nitrogens with one attached hydrogen (secondary N) is 1. The summed E-state index contributed by atoms with van der Waals surface area (Å²) in [6.07, 6.45) is -8.73. The van der Waals surface area contributed by atoms with Crippen LogP contribution in [0.4, 0.5) is 38.0 Å². The fourth-order valence-electron chi connectivity index (χ4n) is 4.84. The van der Waals surface area contributed by atoms with Gasteiger partial charge in [0, 0.05) is 18.8 Å². The third-order valence-corrected chi connectivity index (χ3v) is 6.59. The zero-order chi connectivity index (χ0) is 27.1. The molecule has 5 rings (SSSR count). The van der Waals surface area contributed by atoms with E-state index in [-0.39, 0.29) is 37.3 Å². The summed E-state index contributed by atoms with van der Waals surface area (Å²) in [5.74, 6) is 0.0269. The molecule has 0 saturated heterocycles. The van der Waals surface area contributed by atoms with Gasteiger partial charge < -0.3 is 20.1 Å². The summed E-state index contributed by atoms with van der Waals surface area (Å²) in [6, 6.07) is 4.98. The molecule has 0 bridgehead atoms. The van der Waals surface area contributed by atoms with Gasteiger partial charge in [0.15, 0.2) is 0 Å². The molecule has 8 nitrogen and oxygen atoms in total. The van der Waals surface area contributed by atoms with Gasteiger partial charge >= 0.3 is 12.4 Å². The monoisotopic (exact) mass is 542 g/mol. The van der Waals surface area contributed by atoms with Crippen molar-refractivity contribution >= 4 is 11.6 Å². The van der Waals surface area contributed by atoms with E-state index in [0.29, 0.717) is 44.7 Å². The van der Waals surface area contributed by atoms with E-state index in [1.165, 1.54) is 0 Å². The fraction of sp³-hybridized carbons (Fsp3) is 0.458. The Bertz CT molecular complexity index is 1280. The SMILES string of the molecule is OCCn1nnc(N(Cc2cc(C(F)(F)F)cc(C(F)(F)F)c2)C2CCCNc3cc4c(cc32)COC4)n1. The van der Waals surface area contributed by atoms with Crippen molar-refractivity contribution in [2.45, 2.75) is 57.5 Å². The first-order chi connectivity index (χ1) is 18.0. The van der Waals surface area contributed by atoms with Crippen LogP contribution in [-0.4, -0.2) is 38.5 Å². The van der Waals surface area contributed by atoms with Crippen molar-refractivity contribution in [1.82, 2.24) is 20.2 Å². The van der Waals surface area contributed by atoms with Crippen molar-refractivity contribution in [1.29, 1.82) is 0 Å². The van der Waals surface area contributed by atoms with Crippen LogP contribution in [0.25, 0.3) is 0 Å². The Hall–Kier alpha value is -3.39. The molecule has 204 valence electrons. The van der Waals surface area contributed by atoms with Crippen molar-refractivity contribution < 1.29 is 36.2 Å². The first-order valence-electron chi connectivity index (χ1n) is 11.9. The van der Waals surface area contributed by atoms with Gasteiger partial charge in [-0.3, -0.25) is 0 Å². The highest BCUT2D eigenvalue weighted by molar-refractivity contribution is 5.60. The number of nitrogens with zero attached hydrogens (tertiary/aromatic N) is 5. The molecule has 2 aliphatic rings. The van der Waals surface area contributed by atoms with Gasteiger partial charge in [-0.1, -0.05) is 5.10 Å². The third-order valence-electron chi connectivity index (χ3n) is 6.59. The second-order valence-electron chi connectivity index (χ2n) is 9.24. The Morgan fingerprint density at radius 2 is 1.68 bits per heavy atom. The number of halogens is 6. The van der Waals surface area contributed by atoms with Crippen LogP contribution < -0.4 is 10.2 Å². The molecule has 38 heavy (non-hydrogen) atoms. The van der Waals surface area contributed by atoms with E-state index in [0.717, 1.165) is 27.2 Å². The summed E-state index contributed by atoms with van der Waals surface area (Å²) in [5, 5.41) is 24.8. The van der Waals surface area contributed by atoms with Gasteiger partial charge in [-0.05, 0) is 70.6 Å². The van der Waals surface area contributed by atoms with Crippen LogP contribution in [0.5, 0.6) is 0 Å². The molecule has 0 fully saturated rings. The number of benzene rings is 2. The number of rotatable bonds is 6. The maximum Gasteiger partial charge on any atom is 0.416 e. The zero-order valence-corrected chi connectivity index (χ0v) is 20.0. The van der Waals surface area contributed by atoms with Gasteiger partial charge in [-0.15, -0.1) is 5.10 Å². The van der Waals surface area contributed by atoms with Crippen LogP contribution in [0.3, 0.4) is 0 Å². The lowest BCUT2D eigenvalue weighted by atomic mass is 9.95. The molecule has 0 amide bonds. The highest BCUT2D eigenvalue weighted by atomic mass is 19.4. The Morgan fingerprint density at radius 1 is 1.00 bits per heavy atom. The number of fused-ring (bicyclic) bond motifs is 2. The molecule has 1 aromatic heterocycles. The van der Waals surface area contributed by atoms with Crippen molar-refractivity contribution in [2.75, 3.05) is 23.4 Å². The molecule has 0 aliphatic carbocycles. The normalized spacial score (nSPS) is 17.5. The lowest BCUT2D eigenvalue weighted by Gasteiger charge is -2.32. The van der Waals surface area contributed by atoms with Crippen molar-refractivity contribution in [2.24, 2.45) is 0 Å². The minimum atomic E-state index is -4.97. The summed E-state index contributed by atoms with van der Waals surface area (Å²) >= 11 is 0. The first kappa shape index (κ1) is 26.2. The highest BCUT2D eigenvalue weighted by Gasteiger charge is 2.38. The molecular formula is C24H24F6N6O2. The second kappa shape index (κ2) is 10.1. The van der Waals surface area contributed by atoms with Crippen LogP contribution in [0.2, 0.25) is 0 Å². The molecule has 1 unspecified atom stereocenters. The number of ether oxygens (including phenoxy) is 1. The molecule has 3 heterocycles. The number of aliphatic hydroxyl groups excluding tert-OH is 1. The standard InChI is InChI=1S/C24H24F6N6O2/c25-23(26,27)17-6-14(7-18(10-17)24(28,29)30)11-35(22-32-34-36(33-22)4-5-37)21-2-1-3-31-20-9-16-13-38-12-15(16)8-19(20)21/h6-10,21,31,37H,1-5,11-13H2.